The molecule has 0 saturated carbocycles. The molecule has 1 aliphatic heterocycles. The number of hydrogen-bond donors (Lipinski definition) is 0. The number of piperazine rings is 1. The fourth-order valence-corrected chi connectivity index (χ4v) is 5.74. The van der Waals surface area contributed by atoms with Crippen LogP contribution in [-0.2, 0) is 9.59 Å². The Labute approximate surface area is 243 Å². The quantitative estimate of drug-likeness (QED) is 0.312. The number of Topliss-reactive ketones (excluding diaryl/α,β-unsaturated/α-hetero) is 1. The second-order valence-electron chi connectivity index (χ2n) is 12.4. The number of carbonyl (C=O) groups is 2. The molecule has 216 valence electrons. The van der Waals surface area contributed by atoms with Crippen LogP contribution in [0.2, 0.25) is 5.02 Å². The smallest absolute Gasteiger partial charge is 0.223 e. The molecule has 1 amide bonds. The number of nitrogens with zero attached hydrogens (tertiary/aromatic N) is 2. The first-order valence-corrected chi connectivity index (χ1v) is 15.1. The Kier molecular flexibility index (Phi) is 13.2. The van der Waals surface area contributed by atoms with Crippen LogP contribution in [0, 0.1) is 18.3 Å². The normalized spacial score (nSPS) is 17.0. The van der Waals surface area contributed by atoms with E-state index < -0.39 is 0 Å². The third-order valence-electron chi connectivity index (χ3n) is 7.53. The third-order valence-corrected chi connectivity index (χ3v) is 7.78. The number of benzene rings is 2. The molecule has 2 atom stereocenters. The van der Waals surface area contributed by atoms with Crippen LogP contribution in [0.3, 0.4) is 0 Å². The van der Waals surface area contributed by atoms with Crippen molar-refractivity contribution in [3.63, 3.8) is 0 Å². The highest BCUT2D eigenvalue weighted by Gasteiger charge is 2.40. The van der Waals surface area contributed by atoms with E-state index in [2.05, 4.69) is 87.7 Å². The fourth-order valence-electron chi connectivity index (χ4n) is 5.62. The molecule has 0 bridgehead atoms. The monoisotopic (exact) mass is 554 g/mol. The highest BCUT2D eigenvalue weighted by molar-refractivity contribution is 6.30. The number of amides is 1. The highest BCUT2D eigenvalue weighted by Crippen LogP contribution is 2.36. The maximum absolute atomic E-state index is 13.6. The Bertz CT molecular complexity index is 971. The molecule has 3 rings (SSSR count). The fraction of sp³-hybridized carbons (Fsp3) is 0.588. The second-order valence-corrected chi connectivity index (χ2v) is 12.8. The SMILES string of the molecule is CC(C)=O.CCCC(CCC)CC(=O)N1CCN(C(c2ccc(C)cc2)c2ccc(Cl)cc2)CC1C(C)(C)C. The molecule has 0 spiro atoms. The van der Waals surface area contributed by atoms with E-state index in [1.165, 1.54) is 30.5 Å². The minimum atomic E-state index is -0.00282. The highest BCUT2D eigenvalue weighted by atomic mass is 35.5. The van der Waals surface area contributed by atoms with Crippen molar-refractivity contribution in [3.8, 4) is 0 Å². The lowest BCUT2D eigenvalue weighted by Gasteiger charge is -2.49. The molecule has 2 aromatic rings. The Morgan fingerprint density at radius 2 is 1.38 bits per heavy atom. The minimum Gasteiger partial charge on any atom is -0.337 e. The molecule has 2 aromatic carbocycles. The molecule has 5 heteroatoms. The van der Waals surface area contributed by atoms with E-state index in [0.717, 1.165) is 50.3 Å². The zero-order valence-corrected chi connectivity index (χ0v) is 26.4. The van der Waals surface area contributed by atoms with Crippen LogP contribution in [0.25, 0.3) is 0 Å². The number of rotatable bonds is 9. The van der Waals surface area contributed by atoms with Gasteiger partial charge in [-0.05, 0) is 55.4 Å². The van der Waals surface area contributed by atoms with Crippen molar-refractivity contribution >= 4 is 23.3 Å². The lowest BCUT2D eigenvalue weighted by molar-refractivity contribution is -0.141. The van der Waals surface area contributed by atoms with Gasteiger partial charge >= 0.3 is 0 Å². The standard InChI is InChI=1S/C31H45ClN2O.C3H6O/c1-7-9-24(10-8-2)21-29(35)34-20-19-33(22-28(34)31(4,5)6)30(25-13-11-23(3)12-14-25)26-15-17-27(32)18-16-26;1-3(2)4/h11-18,24,28,30H,7-10,19-22H2,1-6H3;1-2H3. The van der Waals surface area contributed by atoms with Crippen molar-refractivity contribution in [3.05, 3.63) is 70.2 Å². The van der Waals surface area contributed by atoms with Crippen molar-refractivity contribution in [1.29, 1.82) is 0 Å². The second kappa shape index (κ2) is 15.6. The molecule has 2 unspecified atom stereocenters. The van der Waals surface area contributed by atoms with Crippen molar-refractivity contribution in [1.82, 2.24) is 9.80 Å². The van der Waals surface area contributed by atoms with Gasteiger partial charge in [0.2, 0.25) is 5.91 Å². The predicted molar refractivity (Wildman–Crippen MR) is 165 cm³/mol. The molecule has 0 aliphatic carbocycles. The Morgan fingerprint density at radius 3 is 1.85 bits per heavy atom. The van der Waals surface area contributed by atoms with Crippen LogP contribution in [-0.4, -0.2) is 47.2 Å². The third kappa shape index (κ3) is 10.4. The summed E-state index contributed by atoms with van der Waals surface area (Å²) in [6, 6.07) is 17.5. The average Bonchev–Trinajstić information content (AvgIpc) is 2.86. The van der Waals surface area contributed by atoms with Crippen LogP contribution in [0.15, 0.2) is 48.5 Å². The summed E-state index contributed by atoms with van der Waals surface area (Å²) < 4.78 is 0. The summed E-state index contributed by atoms with van der Waals surface area (Å²) in [4.78, 5) is 27.8. The number of carbonyl (C=O) groups excluding carboxylic acids is 2. The molecule has 1 fully saturated rings. The largest absolute Gasteiger partial charge is 0.337 e. The first-order chi connectivity index (χ1) is 18.4. The number of hydrogen-bond acceptors (Lipinski definition) is 3. The molecule has 0 radical (unpaired) electrons. The van der Waals surface area contributed by atoms with Gasteiger partial charge in [0.15, 0.2) is 0 Å². The van der Waals surface area contributed by atoms with Crippen LogP contribution in [0.4, 0.5) is 0 Å². The van der Waals surface area contributed by atoms with E-state index >= 15 is 0 Å². The van der Waals surface area contributed by atoms with Gasteiger partial charge in [0.1, 0.15) is 5.78 Å². The summed E-state index contributed by atoms with van der Waals surface area (Å²) in [5, 5.41) is 0.758. The van der Waals surface area contributed by atoms with Crippen LogP contribution >= 0.6 is 11.6 Å². The van der Waals surface area contributed by atoms with Crippen molar-refractivity contribution in [2.24, 2.45) is 11.3 Å². The van der Waals surface area contributed by atoms with E-state index in [9.17, 15) is 9.59 Å². The van der Waals surface area contributed by atoms with Gasteiger partial charge in [-0.15, -0.1) is 0 Å². The lowest BCUT2D eigenvalue weighted by atomic mass is 9.82. The van der Waals surface area contributed by atoms with E-state index in [1.807, 2.05) is 12.1 Å². The predicted octanol–water partition coefficient (Wildman–Crippen LogP) is 8.50. The van der Waals surface area contributed by atoms with Crippen molar-refractivity contribution in [2.45, 2.75) is 99.6 Å². The molecule has 0 aromatic heterocycles. The van der Waals surface area contributed by atoms with Crippen LogP contribution in [0.1, 0.15) is 103 Å². The molecule has 39 heavy (non-hydrogen) atoms. The average molecular weight is 555 g/mol. The summed E-state index contributed by atoms with van der Waals surface area (Å²) in [6.07, 6.45) is 5.27. The molecule has 0 N–H and O–H groups in total. The first kappa shape index (κ1) is 33.0. The van der Waals surface area contributed by atoms with Gasteiger partial charge in [0, 0.05) is 37.1 Å². The number of halogens is 1. The van der Waals surface area contributed by atoms with E-state index in [-0.39, 0.29) is 23.3 Å². The van der Waals surface area contributed by atoms with Gasteiger partial charge in [0.05, 0.1) is 6.04 Å². The van der Waals surface area contributed by atoms with E-state index in [0.29, 0.717) is 18.2 Å². The number of ketones is 1. The molecular weight excluding hydrogens is 504 g/mol. The van der Waals surface area contributed by atoms with E-state index in [4.69, 9.17) is 11.6 Å². The summed E-state index contributed by atoms with van der Waals surface area (Å²) >= 11 is 6.23. The van der Waals surface area contributed by atoms with Crippen molar-refractivity contribution < 1.29 is 9.59 Å². The Morgan fingerprint density at radius 1 is 0.897 bits per heavy atom. The molecule has 1 saturated heterocycles. The topological polar surface area (TPSA) is 40.6 Å². The Hall–Kier alpha value is -2.17. The molecule has 1 aliphatic rings. The summed E-state index contributed by atoms with van der Waals surface area (Å²) in [7, 11) is 0. The zero-order valence-electron chi connectivity index (χ0n) is 25.6. The first-order valence-electron chi connectivity index (χ1n) is 14.7. The zero-order chi connectivity index (χ0) is 29.2. The minimum absolute atomic E-state index is 0.00282. The van der Waals surface area contributed by atoms with E-state index in [1.54, 1.807) is 0 Å². The van der Waals surface area contributed by atoms with Gasteiger partial charge in [0.25, 0.3) is 0 Å². The lowest BCUT2D eigenvalue weighted by Crippen LogP contribution is -2.60. The van der Waals surface area contributed by atoms with Gasteiger partial charge in [-0.2, -0.15) is 0 Å². The van der Waals surface area contributed by atoms with Crippen LogP contribution < -0.4 is 0 Å². The maximum atomic E-state index is 13.6. The summed E-state index contributed by atoms with van der Waals surface area (Å²) in [5.41, 5.74) is 3.80. The van der Waals surface area contributed by atoms with Gasteiger partial charge in [-0.1, -0.05) is 114 Å². The molecular formula is C34H51ClN2O2. The van der Waals surface area contributed by atoms with Crippen molar-refractivity contribution in [2.75, 3.05) is 19.6 Å². The van der Waals surface area contributed by atoms with Gasteiger partial charge < -0.3 is 9.69 Å². The maximum Gasteiger partial charge on any atom is 0.223 e. The summed E-state index contributed by atoms with van der Waals surface area (Å²) in [5.74, 6) is 1.01. The summed E-state index contributed by atoms with van der Waals surface area (Å²) in [6.45, 7) is 19.0. The van der Waals surface area contributed by atoms with Gasteiger partial charge in [-0.25, -0.2) is 0 Å². The van der Waals surface area contributed by atoms with Gasteiger partial charge in [-0.3, -0.25) is 9.69 Å². The molecule has 1 heterocycles. The molecule has 4 nitrogen and oxygen atoms in total. The number of aryl methyl sites for hydroxylation is 1. The van der Waals surface area contributed by atoms with Crippen LogP contribution in [0.5, 0.6) is 0 Å². The Balaban J connectivity index is 0.00000124.